The fourth-order valence-electron chi connectivity index (χ4n) is 4.95. The molecule has 2 aliphatic rings. The van der Waals surface area contributed by atoms with E-state index in [1.165, 1.54) is 35.2 Å². The lowest BCUT2D eigenvalue weighted by Gasteiger charge is -2.32. The van der Waals surface area contributed by atoms with Crippen LogP contribution in [0.2, 0.25) is 0 Å². The van der Waals surface area contributed by atoms with Crippen LogP contribution in [0.25, 0.3) is 0 Å². The van der Waals surface area contributed by atoms with Gasteiger partial charge in [0.15, 0.2) is 11.5 Å². The number of para-hydroxylation sites is 1. The Kier molecular flexibility index (Phi) is 7.05. The molecule has 2 aliphatic heterocycles. The van der Waals surface area contributed by atoms with Gasteiger partial charge in [-0.25, -0.2) is 4.39 Å². The molecule has 1 atom stereocenters. The summed E-state index contributed by atoms with van der Waals surface area (Å²) in [4.78, 5) is 60.0. The minimum absolute atomic E-state index is 0.0547. The molecule has 10 nitrogen and oxygen atoms in total. The molecule has 0 fully saturated rings. The average Bonchev–Trinajstić information content (AvgIpc) is 3.56. The molecule has 0 spiro atoms. The van der Waals surface area contributed by atoms with Crippen molar-refractivity contribution in [2.75, 3.05) is 23.6 Å². The summed E-state index contributed by atoms with van der Waals surface area (Å²) >= 11 is 0. The lowest BCUT2D eigenvalue weighted by Crippen LogP contribution is -2.46. The molecule has 1 N–H and O–H groups in total. The highest BCUT2D eigenvalue weighted by Gasteiger charge is 2.39. The molecule has 11 heteroatoms. The molecule has 3 amide bonds. The van der Waals surface area contributed by atoms with Gasteiger partial charge in [0.1, 0.15) is 18.4 Å². The molecule has 1 aromatic heterocycles. The SMILES string of the molecule is O=C1C(=O)N(CC(=O)N(Cc2cccnc2)[C@@H](C(=O)Nc2ccc3c(c2)OCO3)c2ccc(F)cc2)c2ccccc21. The lowest BCUT2D eigenvalue weighted by atomic mass is 10.0. The number of hydrogen-bond donors (Lipinski definition) is 1. The first-order valence-corrected chi connectivity index (χ1v) is 13.0. The molecular formula is C31H23FN4O6. The maximum Gasteiger partial charge on any atom is 0.299 e. The number of aromatic nitrogens is 1. The summed E-state index contributed by atoms with van der Waals surface area (Å²) in [7, 11) is 0. The van der Waals surface area contributed by atoms with E-state index < -0.39 is 41.9 Å². The third kappa shape index (κ3) is 5.15. The van der Waals surface area contributed by atoms with Crippen LogP contribution in [-0.4, -0.2) is 46.7 Å². The second-order valence-corrected chi connectivity index (χ2v) is 9.63. The van der Waals surface area contributed by atoms with Gasteiger partial charge in [0.2, 0.25) is 12.7 Å². The normalized spacial score (nSPS) is 14.0. The molecule has 6 rings (SSSR count). The van der Waals surface area contributed by atoms with Gasteiger partial charge in [-0.05, 0) is 53.6 Å². The van der Waals surface area contributed by atoms with Gasteiger partial charge in [-0.15, -0.1) is 0 Å². The predicted molar refractivity (Wildman–Crippen MR) is 148 cm³/mol. The van der Waals surface area contributed by atoms with Crippen LogP contribution in [0, 0.1) is 5.82 Å². The highest BCUT2D eigenvalue weighted by molar-refractivity contribution is 6.52. The van der Waals surface area contributed by atoms with Gasteiger partial charge in [0.25, 0.3) is 17.6 Å². The zero-order chi connectivity index (χ0) is 29.2. The number of anilines is 2. The number of ether oxygens (including phenoxy) is 2. The van der Waals surface area contributed by atoms with Crippen molar-refractivity contribution in [1.82, 2.24) is 9.88 Å². The van der Waals surface area contributed by atoms with Gasteiger partial charge in [0.05, 0.1) is 11.3 Å². The number of amides is 3. The van der Waals surface area contributed by atoms with Crippen LogP contribution >= 0.6 is 0 Å². The van der Waals surface area contributed by atoms with Crippen molar-refractivity contribution in [2.24, 2.45) is 0 Å². The van der Waals surface area contributed by atoms with Crippen LogP contribution in [0.15, 0.2) is 91.3 Å². The van der Waals surface area contributed by atoms with Gasteiger partial charge in [0, 0.05) is 30.7 Å². The highest BCUT2D eigenvalue weighted by atomic mass is 19.1. The number of hydrogen-bond acceptors (Lipinski definition) is 7. The smallest absolute Gasteiger partial charge is 0.299 e. The first-order chi connectivity index (χ1) is 20.4. The zero-order valence-corrected chi connectivity index (χ0v) is 22.0. The first kappa shape index (κ1) is 26.6. The van der Waals surface area contributed by atoms with Crippen molar-refractivity contribution in [2.45, 2.75) is 12.6 Å². The molecule has 210 valence electrons. The zero-order valence-electron chi connectivity index (χ0n) is 22.0. The summed E-state index contributed by atoms with van der Waals surface area (Å²) in [5.41, 5.74) is 1.84. The number of halogens is 1. The molecule has 3 heterocycles. The van der Waals surface area contributed by atoms with Gasteiger partial charge in [-0.2, -0.15) is 0 Å². The van der Waals surface area contributed by atoms with Crippen LogP contribution < -0.4 is 19.7 Å². The van der Waals surface area contributed by atoms with Crippen molar-refractivity contribution in [3.8, 4) is 11.5 Å². The Labute approximate surface area is 239 Å². The Bertz CT molecular complexity index is 1700. The van der Waals surface area contributed by atoms with E-state index >= 15 is 0 Å². The molecule has 0 saturated heterocycles. The fourth-order valence-corrected chi connectivity index (χ4v) is 4.95. The van der Waals surface area contributed by atoms with Gasteiger partial charge < -0.3 is 19.7 Å². The maximum absolute atomic E-state index is 14.1. The van der Waals surface area contributed by atoms with Gasteiger partial charge in [-0.1, -0.05) is 30.3 Å². The largest absolute Gasteiger partial charge is 0.454 e. The van der Waals surface area contributed by atoms with E-state index in [1.54, 1.807) is 60.9 Å². The summed E-state index contributed by atoms with van der Waals surface area (Å²) in [6, 6.07) is 18.7. The third-order valence-corrected chi connectivity index (χ3v) is 6.95. The van der Waals surface area contributed by atoms with Crippen LogP contribution in [0.4, 0.5) is 15.8 Å². The maximum atomic E-state index is 14.1. The number of ketones is 1. The summed E-state index contributed by atoms with van der Waals surface area (Å²) in [6.07, 6.45) is 3.13. The van der Waals surface area contributed by atoms with Crippen LogP contribution in [0.3, 0.4) is 0 Å². The first-order valence-electron chi connectivity index (χ1n) is 13.0. The fraction of sp³-hybridized carbons (Fsp3) is 0.129. The minimum Gasteiger partial charge on any atom is -0.454 e. The second kappa shape index (κ2) is 11.1. The molecule has 3 aromatic carbocycles. The van der Waals surface area contributed by atoms with E-state index in [9.17, 15) is 23.6 Å². The molecule has 0 unspecified atom stereocenters. The summed E-state index contributed by atoms with van der Waals surface area (Å²) in [6.45, 7) is -0.517. The van der Waals surface area contributed by atoms with Crippen LogP contribution in [0.5, 0.6) is 11.5 Å². The van der Waals surface area contributed by atoms with Crippen LogP contribution in [0.1, 0.15) is 27.5 Å². The van der Waals surface area contributed by atoms with Crippen molar-refractivity contribution >= 4 is 34.9 Å². The monoisotopic (exact) mass is 566 g/mol. The number of fused-ring (bicyclic) bond motifs is 2. The number of benzene rings is 3. The minimum atomic E-state index is -1.26. The standard InChI is InChI=1S/C31H23FN4O6/c32-21-9-7-20(8-10-21)28(30(39)34-22-11-12-25-26(14-22)42-18-41-25)36(16-19-4-3-13-33-15-19)27(37)17-35-24-6-2-1-5-23(24)29(38)31(35)40/h1-15,28H,16-18H2,(H,34,39)/t28-/m1/s1. The second-order valence-electron chi connectivity index (χ2n) is 9.63. The molecule has 42 heavy (non-hydrogen) atoms. The number of nitrogens with one attached hydrogen (secondary N) is 1. The molecule has 0 aliphatic carbocycles. The molecule has 0 bridgehead atoms. The summed E-state index contributed by atoms with van der Waals surface area (Å²) < 4.78 is 24.7. The van der Waals surface area contributed by atoms with Crippen molar-refractivity contribution < 1.29 is 33.0 Å². The number of pyridine rings is 1. The molecule has 0 radical (unpaired) electrons. The Morgan fingerprint density at radius 3 is 2.55 bits per heavy atom. The predicted octanol–water partition coefficient (Wildman–Crippen LogP) is 3.89. The number of carbonyl (C=O) groups excluding carboxylic acids is 4. The van der Waals surface area contributed by atoms with Gasteiger partial charge in [-0.3, -0.25) is 29.1 Å². The molecule has 4 aromatic rings. The number of Topliss-reactive ketones (excluding diaryl/α,β-unsaturated/α-hetero) is 1. The average molecular weight is 567 g/mol. The highest BCUT2D eigenvalue weighted by Crippen LogP contribution is 2.35. The summed E-state index contributed by atoms with van der Waals surface area (Å²) in [5.74, 6) is -2.31. The Balaban J connectivity index is 1.37. The quantitative estimate of drug-likeness (QED) is 0.322. The van der Waals surface area contributed by atoms with E-state index in [0.717, 1.165) is 4.90 Å². The van der Waals surface area contributed by atoms with Crippen LogP contribution in [-0.2, 0) is 20.9 Å². The van der Waals surface area contributed by atoms with Crippen molar-refractivity contribution in [3.05, 3.63) is 114 Å². The van der Waals surface area contributed by atoms with E-state index in [4.69, 9.17) is 9.47 Å². The molecular weight excluding hydrogens is 543 g/mol. The lowest BCUT2D eigenvalue weighted by molar-refractivity contribution is -0.139. The van der Waals surface area contributed by atoms with Gasteiger partial charge >= 0.3 is 0 Å². The van der Waals surface area contributed by atoms with Crippen molar-refractivity contribution in [3.63, 3.8) is 0 Å². The number of carbonyl (C=O) groups is 4. The Morgan fingerprint density at radius 2 is 1.76 bits per heavy atom. The van der Waals surface area contributed by atoms with E-state index in [0.29, 0.717) is 34.0 Å². The Hall–Kier alpha value is -5.58. The van der Waals surface area contributed by atoms with Crippen molar-refractivity contribution in [1.29, 1.82) is 0 Å². The molecule has 0 saturated carbocycles. The summed E-state index contributed by atoms with van der Waals surface area (Å²) in [5, 5.41) is 2.82. The Morgan fingerprint density at radius 1 is 0.976 bits per heavy atom. The topological polar surface area (TPSA) is 118 Å². The van der Waals surface area contributed by atoms with E-state index in [-0.39, 0.29) is 18.9 Å². The van der Waals surface area contributed by atoms with E-state index in [2.05, 4.69) is 10.3 Å². The number of nitrogens with zero attached hydrogens (tertiary/aromatic N) is 3. The number of rotatable bonds is 8. The third-order valence-electron chi connectivity index (χ3n) is 6.95. The van der Waals surface area contributed by atoms with E-state index in [1.807, 2.05) is 0 Å².